The summed E-state index contributed by atoms with van der Waals surface area (Å²) in [7, 11) is 0. The maximum Gasteiger partial charge on any atom is 0.170 e. The number of benzene rings is 1. The molecule has 1 aromatic rings. The number of carbonyl (C=O) groups excluding carboxylic acids is 2. The molecule has 0 aliphatic heterocycles. The average molecular weight is 264 g/mol. The van der Waals surface area contributed by atoms with Gasteiger partial charge in [0.1, 0.15) is 11.5 Å². The molecule has 1 rings (SSSR count). The molecule has 0 aromatic heterocycles. The van der Waals surface area contributed by atoms with E-state index >= 15 is 0 Å². The smallest absolute Gasteiger partial charge is 0.170 e. The van der Waals surface area contributed by atoms with Crippen LogP contribution in [0.3, 0.4) is 0 Å². The van der Waals surface area contributed by atoms with Gasteiger partial charge < -0.3 is 9.47 Å². The molecule has 0 fully saturated rings. The summed E-state index contributed by atoms with van der Waals surface area (Å²) >= 11 is 0. The van der Waals surface area contributed by atoms with Crippen LogP contribution in [0, 0.1) is 0 Å². The van der Waals surface area contributed by atoms with E-state index in [9.17, 15) is 9.59 Å². The summed E-state index contributed by atoms with van der Waals surface area (Å²) in [6, 6.07) is 6.84. The van der Waals surface area contributed by atoms with Gasteiger partial charge in [-0.3, -0.25) is 9.59 Å². The van der Waals surface area contributed by atoms with E-state index in [-0.39, 0.29) is 24.4 Å². The Hall–Kier alpha value is -1.68. The van der Waals surface area contributed by atoms with E-state index in [1.807, 2.05) is 13.8 Å². The van der Waals surface area contributed by atoms with Crippen LogP contribution in [0.15, 0.2) is 24.3 Å². The van der Waals surface area contributed by atoms with Gasteiger partial charge >= 0.3 is 0 Å². The fraction of sp³-hybridized carbons (Fsp3) is 0.467. The minimum absolute atomic E-state index is 0.0684. The first-order valence-corrected chi connectivity index (χ1v) is 6.52. The lowest BCUT2D eigenvalue weighted by Crippen LogP contribution is -2.10. The van der Waals surface area contributed by atoms with E-state index < -0.39 is 0 Å². The van der Waals surface area contributed by atoms with Crippen molar-refractivity contribution in [1.29, 1.82) is 0 Å². The molecule has 0 aliphatic rings. The predicted molar refractivity (Wildman–Crippen MR) is 72.7 cm³/mol. The Morgan fingerprint density at radius 1 is 1.05 bits per heavy atom. The zero-order valence-corrected chi connectivity index (χ0v) is 11.5. The number of hydrogen-bond donors (Lipinski definition) is 0. The van der Waals surface area contributed by atoms with Crippen LogP contribution >= 0.6 is 0 Å². The quantitative estimate of drug-likeness (QED) is 0.391. The first-order valence-electron chi connectivity index (χ1n) is 6.52. The molecule has 4 heteroatoms. The zero-order chi connectivity index (χ0) is 14.1. The molecule has 1 aromatic carbocycles. The van der Waals surface area contributed by atoms with E-state index in [1.165, 1.54) is 0 Å². The van der Waals surface area contributed by atoms with Crippen LogP contribution in [-0.4, -0.2) is 31.4 Å². The number of carbonyl (C=O) groups is 2. The highest BCUT2D eigenvalue weighted by molar-refractivity contribution is 6.07. The molecule has 0 saturated heterocycles. The number of ketones is 2. The molecule has 0 aliphatic carbocycles. The van der Waals surface area contributed by atoms with E-state index in [0.29, 0.717) is 25.4 Å². The molecular weight excluding hydrogens is 244 g/mol. The predicted octanol–water partition coefficient (Wildman–Crippen LogP) is 2.65. The maximum atomic E-state index is 11.9. The van der Waals surface area contributed by atoms with Crippen LogP contribution in [0.25, 0.3) is 0 Å². The van der Waals surface area contributed by atoms with Crippen molar-refractivity contribution in [3.8, 4) is 5.75 Å². The average Bonchev–Trinajstić information content (AvgIpc) is 2.40. The summed E-state index contributed by atoms with van der Waals surface area (Å²) in [6.07, 6.45) is 0.220. The summed E-state index contributed by atoms with van der Waals surface area (Å²) in [5.74, 6) is 0.471. The second-order valence-electron chi connectivity index (χ2n) is 4.04. The lowest BCUT2D eigenvalue weighted by Gasteiger charge is -2.04. The second-order valence-corrected chi connectivity index (χ2v) is 4.04. The van der Waals surface area contributed by atoms with Gasteiger partial charge in [-0.25, -0.2) is 0 Å². The highest BCUT2D eigenvalue weighted by Gasteiger charge is 2.11. The van der Waals surface area contributed by atoms with Gasteiger partial charge in [0.2, 0.25) is 0 Å². The van der Waals surface area contributed by atoms with Gasteiger partial charge in [0.05, 0.1) is 19.6 Å². The fourth-order valence-corrected chi connectivity index (χ4v) is 1.60. The number of hydrogen-bond acceptors (Lipinski definition) is 4. The molecule has 0 atom stereocenters. The van der Waals surface area contributed by atoms with Crippen molar-refractivity contribution in [2.75, 3.05) is 19.8 Å². The first kappa shape index (κ1) is 15.4. The van der Waals surface area contributed by atoms with Crippen LogP contribution in [-0.2, 0) is 9.53 Å². The number of ether oxygens (including phenoxy) is 2. The molecule has 0 unspecified atom stereocenters. The zero-order valence-electron chi connectivity index (χ0n) is 11.5. The van der Waals surface area contributed by atoms with Crippen molar-refractivity contribution in [3.63, 3.8) is 0 Å². The van der Waals surface area contributed by atoms with Gasteiger partial charge in [-0.05, 0) is 38.1 Å². The van der Waals surface area contributed by atoms with Gasteiger partial charge in [0.25, 0.3) is 0 Å². The highest BCUT2D eigenvalue weighted by atomic mass is 16.5. The fourth-order valence-electron chi connectivity index (χ4n) is 1.60. The van der Waals surface area contributed by atoms with Crippen molar-refractivity contribution in [2.45, 2.75) is 26.7 Å². The lowest BCUT2D eigenvalue weighted by molar-refractivity contribution is -0.119. The van der Waals surface area contributed by atoms with Crippen molar-refractivity contribution < 1.29 is 19.1 Å². The molecule has 0 saturated carbocycles. The molecule has 4 nitrogen and oxygen atoms in total. The molecule has 0 N–H and O–H groups in total. The van der Waals surface area contributed by atoms with E-state index in [1.54, 1.807) is 24.3 Å². The molecular formula is C15H20O4. The van der Waals surface area contributed by atoms with Crippen molar-refractivity contribution in [2.24, 2.45) is 0 Å². The van der Waals surface area contributed by atoms with Crippen LogP contribution in [0.1, 0.15) is 37.0 Å². The minimum atomic E-state index is -0.162. The van der Waals surface area contributed by atoms with Crippen LogP contribution in [0.2, 0.25) is 0 Å². The Morgan fingerprint density at radius 2 is 1.74 bits per heavy atom. The van der Waals surface area contributed by atoms with Crippen molar-refractivity contribution in [3.05, 3.63) is 29.8 Å². The van der Waals surface area contributed by atoms with Gasteiger partial charge in [-0.1, -0.05) is 0 Å². The normalized spacial score (nSPS) is 10.2. The highest BCUT2D eigenvalue weighted by Crippen LogP contribution is 2.13. The van der Waals surface area contributed by atoms with Crippen LogP contribution in [0.5, 0.6) is 5.75 Å². The summed E-state index contributed by atoms with van der Waals surface area (Å²) < 4.78 is 10.4. The third kappa shape index (κ3) is 5.66. The first-order chi connectivity index (χ1) is 9.17. The standard InChI is InChI=1S/C15H20O4/c1-3-18-10-9-13(16)11-15(17)12-5-7-14(8-6-12)19-4-2/h5-8H,3-4,9-11H2,1-2H3. The third-order valence-electron chi connectivity index (χ3n) is 2.57. The second kappa shape index (κ2) is 8.43. The Bertz CT molecular complexity index is 409. The van der Waals surface area contributed by atoms with E-state index in [2.05, 4.69) is 0 Å². The third-order valence-corrected chi connectivity index (χ3v) is 2.57. The lowest BCUT2D eigenvalue weighted by atomic mass is 10.0. The summed E-state index contributed by atoms with van der Waals surface area (Å²) in [6.45, 7) is 5.32. The van der Waals surface area contributed by atoms with Crippen molar-refractivity contribution in [1.82, 2.24) is 0 Å². The summed E-state index contributed by atoms with van der Waals surface area (Å²) in [5, 5.41) is 0. The molecule has 0 spiro atoms. The molecule has 0 amide bonds. The van der Waals surface area contributed by atoms with Crippen molar-refractivity contribution >= 4 is 11.6 Å². The molecule has 0 bridgehead atoms. The monoisotopic (exact) mass is 264 g/mol. The number of rotatable bonds is 9. The summed E-state index contributed by atoms with van der Waals surface area (Å²) in [5.41, 5.74) is 0.535. The van der Waals surface area contributed by atoms with Crippen LogP contribution < -0.4 is 4.74 Å². The van der Waals surface area contributed by atoms with Gasteiger partial charge in [0.15, 0.2) is 5.78 Å². The van der Waals surface area contributed by atoms with E-state index in [4.69, 9.17) is 9.47 Å². The minimum Gasteiger partial charge on any atom is -0.494 e. The largest absolute Gasteiger partial charge is 0.494 e. The van der Waals surface area contributed by atoms with E-state index in [0.717, 1.165) is 5.75 Å². The van der Waals surface area contributed by atoms with Gasteiger partial charge in [0, 0.05) is 18.6 Å². The summed E-state index contributed by atoms with van der Waals surface area (Å²) in [4.78, 5) is 23.4. The van der Waals surface area contributed by atoms with Gasteiger partial charge in [-0.15, -0.1) is 0 Å². The Balaban J connectivity index is 2.46. The SMILES string of the molecule is CCOCCC(=O)CC(=O)c1ccc(OCC)cc1. The molecule has 0 radical (unpaired) electrons. The Labute approximate surface area is 113 Å². The molecule has 0 heterocycles. The molecule has 19 heavy (non-hydrogen) atoms. The number of Topliss-reactive ketones (excluding diaryl/α,β-unsaturated/α-hetero) is 2. The Kier molecular flexibility index (Phi) is 6.82. The van der Waals surface area contributed by atoms with Gasteiger partial charge in [-0.2, -0.15) is 0 Å². The topological polar surface area (TPSA) is 52.6 Å². The maximum absolute atomic E-state index is 11.9. The van der Waals surface area contributed by atoms with Crippen LogP contribution in [0.4, 0.5) is 0 Å². The Morgan fingerprint density at radius 3 is 2.32 bits per heavy atom. The molecule has 104 valence electrons.